The van der Waals surface area contributed by atoms with Gasteiger partial charge >= 0.3 is 5.97 Å². The lowest BCUT2D eigenvalue weighted by Crippen LogP contribution is -2.23. The molecule has 0 aliphatic carbocycles. The molecule has 1 N–H and O–H groups in total. The number of hydrogen-bond acceptors (Lipinski definition) is 5. The highest BCUT2D eigenvalue weighted by Gasteiger charge is 2.19. The van der Waals surface area contributed by atoms with E-state index in [0.717, 1.165) is 11.3 Å². The molecular weight excluding hydrogens is 258 g/mol. The third-order valence-electron chi connectivity index (χ3n) is 2.80. The zero-order valence-electron chi connectivity index (χ0n) is 12.1. The smallest absolute Gasteiger partial charge is 0.314 e. The Morgan fingerprint density at radius 3 is 2.50 bits per heavy atom. The predicted octanol–water partition coefficient (Wildman–Crippen LogP) is 2.66. The first-order valence-corrected chi connectivity index (χ1v) is 6.57. The number of carbonyl (C=O) groups is 1. The molecule has 0 fully saturated rings. The lowest BCUT2D eigenvalue weighted by atomic mass is 10.0. The van der Waals surface area contributed by atoms with Crippen molar-refractivity contribution in [2.45, 2.75) is 32.8 Å². The molecule has 1 aromatic carbocycles. The summed E-state index contributed by atoms with van der Waals surface area (Å²) in [6.07, 6.45) is 2.25. The fourth-order valence-corrected chi connectivity index (χ4v) is 1.77. The van der Waals surface area contributed by atoms with Crippen molar-refractivity contribution in [3.63, 3.8) is 0 Å². The first kappa shape index (κ1) is 16.0. The summed E-state index contributed by atoms with van der Waals surface area (Å²) < 4.78 is 10.2. The number of nitrogens with zero attached hydrogens (tertiary/aromatic N) is 1. The van der Waals surface area contributed by atoms with Gasteiger partial charge < -0.3 is 14.7 Å². The molecule has 0 heterocycles. The summed E-state index contributed by atoms with van der Waals surface area (Å²) in [6.45, 7) is 3.57. The van der Waals surface area contributed by atoms with Crippen LogP contribution in [0.3, 0.4) is 0 Å². The molecule has 0 bridgehead atoms. The third kappa shape index (κ3) is 5.30. The third-order valence-corrected chi connectivity index (χ3v) is 2.80. The van der Waals surface area contributed by atoms with E-state index >= 15 is 0 Å². The van der Waals surface area contributed by atoms with Gasteiger partial charge in [-0.15, -0.1) is 5.16 Å². The molecule has 0 radical (unpaired) electrons. The Morgan fingerprint density at radius 1 is 1.35 bits per heavy atom. The van der Waals surface area contributed by atoms with Crippen molar-refractivity contribution in [3.8, 4) is 5.75 Å². The fraction of sp³-hybridized carbons (Fsp3) is 0.467. The van der Waals surface area contributed by atoms with Crippen LogP contribution < -0.4 is 4.74 Å². The summed E-state index contributed by atoms with van der Waals surface area (Å²) in [4.78, 5) is 11.8. The second kappa shape index (κ2) is 8.19. The summed E-state index contributed by atoms with van der Waals surface area (Å²) in [7, 11) is 1.62. The van der Waals surface area contributed by atoms with Gasteiger partial charge in [0.25, 0.3) is 0 Å². The van der Waals surface area contributed by atoms with Gasteiger partial charge in [-0.25, -0.2) is 0 Å². The zero-order chi connectivity index (χ0) is 15.0. The molecule has 1 rings (SSSR count). The van der Waals surface area contributed by atoms with Crippen LogP contribution in [0, 0.1) is 5.92 Å². The molecule has 0 spiro atoms. The van der Waals surface area contributed by atoms with E-state index in [4.69, 9.17) is 14.7 Å². The first-order valence-electron chi connectivity index (χ1n) is 6.57. The molecule has 0 amide bonds. The molecule has 110 valence electrons. The SMILES string of the molecule is COc1ccc(CCC(/C=N\O)C(=O)OC(C)C)cc1. The van der Waals surface area contributed by atoms with Crippen molar-refractivity contribution in [2.24, 2.45) is 11.1 Å². The Bertz CT molecular complexity index is 440. The number of aryl methyl sites for hydroxylation is 1. The van der Waals surface area contributed by atoms with Crippen LogP contribution in [-0.4, -0.2) is 30.6 Å². The van der Waals surface area contributed by atoms with E-state index in [1.807, 2.05) is 24.3 Å². The number of methoxy groups -OCH3 is 1. The monoisotopic (exact) mass is 279 g/mol. The molecule has 0 saturated carbocycles. The summed E-state index contributed by atoms with van der Waals surface area (Å²) in [5.41, 5.74) is 1.08. The maximum Gasteiger partial charge on any atom is 0.314 e. The largest absolute Gasteiger partial charge is 0.497 e. The number of ether oxygens (including phenoxy) is 2. The van der Waals surface area contributed by atoms with Crippen molar-refractivity contribution in [3.05, 3.63) is 29.8 Å². The average Bonchev–Trinajstić information content (AvgIpc) is 2.43. The van der Waals surface area contributed by atoms with Crippen molar-refractivity contribution < 1.29 is 19.5 Å². The van der Waals surface area contributed by atoms with Crippen molar-refractivity contribution in [1.82, 2.24) is 0 Å². The standard InChI is InChI=1S/C15H21NO4/c1-11(2)20-15(17)13(10-16-18)7-4-12-5-8-14(19-3)9-6-12/h5-6,8-11,13,18H,4,7H2,1-3H3/b16-10-. The van der Waals surface area contributed by atoms with Crippen LogP contribution in [0.5, 0.6) is 5.75 Å². The molecule has 0 aliphatic heterocycles. The first-order chi connectivity index (χ1) is 9.56. The number of rotatable bonds is 7. The molecule has 0 saturated heterocycles. The lowest BCUT2D eigenvalue weighted by Gasteiger charge is -2.13. The van der Waals surface area contributed by atoms with Crippen molar-refractivity contribution in [2.75, 3.05) is 7.11 Å². The molecule has 0 aromatic heterocycles. The van der Waals surface area contributed by atoms with E-state index in [1.165, 1.54) is 6.21 Å². The Labute approximate surface area is 119 Å². The van der Waals surface area contributed by atoms with Crippen LogP contribution in [0.2, 0.25) is 0 Å². The van der Waals surface area contributed by atoms with Gasteiger partial charge in [0.2, 0.25) is 0 Å². The topological polar surface area (TPSA) is 68.1 Å². The zero-order valence-corrected chi connectivity index (χ0v) is 12.1. The highest BCUT2D eigenvalue weighted by atomic mass is 16.5. The minimum atomic E-state index is -0.537. The number of carbonyl (C=O) groups excluding carboxylic acids is 1. The molecular formula is C15H21NO4. The van der Waals surface area contributed by atoms with Crippen LogP contribution in [0.25, 0.3) is 0 Å². The Morgan fingerprint density at radius 2 is 2.00 bits per heavy atom. The van der Waals surface area contributed by atoms with Crippen LogP contribution in [0.4, 0.5) is 0 Å². The minimum Gasteiger partial charge on any atom is -0.497 e. The van der Waals surface area contributed by atoms with Gasteiger partial charge in [0.15, 0.2) is 0 Å². The van der Waals surface area contributed by atoms with Gasteiger partial charge in [-0.2, -0.15) is 0 Å². The summed E-state index contributed by atoms with van der Waals surface area (Å²) in [5, 5.41) is 11.6. The van der Waals surface area contributed by atoms with Crippen LogP contribution in [0.1, 0.15) is 25.8 Å². The average molecular weight is 279 g/mol. The fourth-order valence-electron chi connectivity index (χ4n) is 1.77. The maximum atomic E-state index is 11.8. The molecule has 1 atom stereocenters. The second-order valence-electron chi connectivity index (χ2n) is 4.74. The Balaban J connectivity index is 2.59. The van der Waals surface area contributed by atoms with Crippen molar-refractivity contribution >= 4 is 12.2 Å². The minimum absolute atomic E-state index is 0.182. The van der Waals surface area contributed by atoms with E-state index in [0.29, 0.717) is 12.8 Å². The van der Waals surface area contributed by atoms with E-state index in [2.05, 4.69) is 5.16 Å². The molecule has 1 unspecified atom stereocenters. The summed E-state index contributed by atoms with van der Waals surface area (Å²) in [5.74, 6) is -0.114. The summed E-state index contributed by atoms with van der Waals surface area (Å²) in [6, 6.07) is 7.63. The Kier molecular flexibility index (Phi) is 6.56. The molecule has 0 aliphatic rings. The normalized spacial score (nSPS) is 12.6. The van der Waals surface area contributed by atoms with E-state index in [-0.39, 0.29) is 12.1 Å². The summed E-state index contributed by atoms with van der Waals surface area (Å²) >= 11 is 0. The molecule has 1 aromatic rings. The second-order valence-corrected chi connectivity index (χ2v) is 4.74. The number of oxime groups is 1. The van der Waals surface area contributed by atoms with E-state index < -0.39 is 5.92 Å². The van der Waals surface area contributed by atoms with Crippen LogP contribution in [0.15, 0.2) is 29.4 Å². The Hall–Kier alpha value is -2.04. The lowest BCUT2D eigenvalue weighted by molar-refractivity contribution is -0.149. The van der Waals surface area contributed by atoms with Gasteiger partial charge in [-0.3, -0.25) is 4.79 Å². The van der Waals surface area contributed by atoms with Crippen molar-refractivity contribution in [1.29, 1.82) is 0 Å². The maximum absolute atomic E-state index is 11.8. The van der Waals surface area contributed by atoms with Gasteiger partial charge in [-0.05, 0) is 44.4 Å². The predicted molar refractivity (Wildman–Crippen MR) is 76.3 cm³/mol. The highest BCUT2D eigenvalue weighted by Crippen LogP contribution is 2.15. The number of hydrogen-bond donors (Lipinski definition) is 1. The van der Waals surface area contributed by atoms with E-state index in [1.54, 1.807) is 21.0 Å². The molecule has 20 heavy (non-hydrogen) atoms. The van der Waals surface area contributed by atoms with Gasteiger partial charge in [0, 0.05) is 0 Å². The van der Waals surface area contributed by atoms with Crippen LogP contribution in [-0.2, 0) is 16.0 Å². The molecule has 5 nitrogen and oxygen atoms in total. The van der Waals surface area contributed by atoms with E-state index in [9.17, 15) is 4.79 Å². The number of benzene rings is 1. The van der Waals surface area contributed by atoms with Crippen LogP contribution >= 0.6 is 0 Å². The quantitative estimate of drug-likeness (QED) is 0.360. The highest BCUT2D eigenvalue weighted by molar-refractivity contribution is 5.89. The molecule has 5 heteroatoms. The van der Waals surface area contributed by atoms with Gasteiger partial charge in [0.1, 0.15) is 5.75 Å². The number of esters is 1. The van der Waals surface area contributed by atoms with Gasteiger partial charge in [-0.1, -0.05) is 12.1 Å². The van der Waals surface area contributed by atoms with Gasteiger partial charge in [0.05, 0.1) is 25.3 Å².